The lowest BCUT2D eigenvalue weighted by atomic mass is 9.99. The normalized spacial score (nSPS) is 14.2. The van der Waals surface area contributed by atoms with E-state index in [9.17, 15) is 0 Å². The second kappa shape index (κ2) is 6.72. The summed E-state index contributed by atoms with van der Waals surface area (Å²) in [5.74, 6) is 0.966. The number of aromatic nitrogens is 3. The Balaban J connectivity index is 1.45. The van der Waals surface area contributed by atoms with E-state index in [2.05, 4.69) is 50.6 Å². The summed E-state index contributed by atoms with van der Waals surface area (Å²) in [6.07, 6.45) is 6.05. The van der Waals surface area contributed by atoms with Crippen LogP contribution in [0.25, 0.3) is 0 Å². The molecule has 5 nitrogen and oxygen atoms in total. The lowest BCUT2D eigenvalue weighted by Gasteiger charge is -2.27. The highest BCUT2D eigenvalue weighted by Crippen LogP contribution is 2.26. The molecule has 21 heavy (non-hydrogen) atoms. The first-order valence-corrected chi connectivity index (χ1v) is 7.71. The van der Waals surface area contributed by atoms with Crippen molar-refractivity contribution in [2.24, 2.45) is 0 Å². The Kier molecular flexibility index (Phi) is 4.50. The maximum atomic E-state index is 4.13. The Morgan fingerprint density at radius 2 is 2.33 bits per heavy atom. The molecule has 0 saturated carbocycles. The van der Waals surface area contributed by atoms with E-state index < -0.39 is 0 Å². The van der Waals surface area contributed by atoms with Crippen LogP contribution in [0.3, 0.4) is 0 Å². The molecule has 0 unspecified atom stereocenters. The average Bonchev–Trinajstić information content (AvgIpc) is 3.00. The second-order valence-electron chi connectivity index (χ2n) is 5.70. The number of fused-ring (bicyclic) bond motifs is 1. The standard InChI is InChI=1S/C16H23N5/c1-21-9-3-4-14-10-13(6-7-15(14)21)11-17-8-2-5-16-18-12-19-20-16/h6-7,10,12,17H,2-5,8-9,11H2,1H3,(H,18,19,20). The predicted octanol–water partition coefficient (Wildman–Crippen LogP) is 1.91. The van der Waals surface area contributed by atoms with Gasteiger partial charge in [0.05, 0.1) is 0 Å². The van der Waals surface area contributed by atoms with Gasteiger partial charge in [-0.2, -0.15) is 5.10 Å². The molecule has 0 aliphatic carbocycles. The number of anilines is 1. The van der Waals surface area contributed by atoms with E-state index in [1.807, 2.05) is 0 Å². The minimum Gasteiger partial charge on any atom is -0.374 e. The number of aromatic amines is 1. The minimum absolute atomic E-state index is 0.938. The van der Waals surface area contributed by atoms with E-state index in [-0.39, 0.29) is 0 Å². The fourth-order valence-corrected chi connectivity index (χ4v) is 2.91. The number of nitrogens with zero attached hydrogens (tertiary/aromatic N) is 3. The van der Waals surface area contributed by atoms with E-state index in [1.165, 1.54) is 36.2 Å². The predicted molar refractivity (Wildman–Crippen MR) is 84.4 cm³/mol. The van der Waals surface area contributed by atoms with Crippen molar-refractivity contribution in [3.05, 3.63) is 41.5 Å². The Bertz CT molecular complexity index is 564. The van der Waals surface area contributed by atoms with E-state index in [0.717, 1.165) is 31.8 Å². The number of aryl methyl sites for hydroxylation is 2. The molecule has 0 amide bonds. The summed E-state index contributed by atoms with van der Waals surface area (Å²) in [6.45, 7) is 3.11. The molecule has 3 rings (SSSR count). The fraction of sp³-hybridized carbons (Fsp3) is 0.500. The van der Waals surface area contributed by atoms with Gasteiger partial charge in [-0.05, 0) is 43.0 Å². The summed E-state index contributed by atoms with van der Waals surface area (Å²) in [6, 6.07) is 6.86. The molecule has 112 valence electrons. The maximum absolute atomic E-state index is 4.13. The van der Waals surface area contributed by atoms with E-state index in [1.54, 1.807) is 6.33 Å². The molecule has 0 bridgehead atoms. The van der Waals surface area contributed by atoms with Gasteiger partial charge >= 0.3 is 0 Å². The Labute approximate surface area is 125 Å². The number of hydrogen-bond donors (Lipinski definition) is 2. The summed E-state index contributed by atoms with van der Waals surface area (Å²) >= 11 is 0. The molecule has 0 saturated heterocycles. The first-order chi connectivity index (χ1) is 10.3. The van der Waals surface area contributed by atoms with E-state index in [0.29, 0.717) is 0 Å². The fourth-order valence-electron chi connectivity index (χ4n) is 2.91. The van der Waals surface area contributed by atoms with Gasteiger partial charge in [-0.1, -0.05) is 12.1 Å². The molecule has 0 atom stereocenters. The molecule has 1 aromatic carbocycles. The second-order valence-corrected chi connectivity index (χ2v) is 5.70. The first kappa shape index (κ1) is 14.1. The monoisotopic (exact) mass is 285 g/mol. The third-order valence-electron chi connectivity index (χ3n) is 4.06. The zero-order valence-electron chi connectivity index (χ0n) is 12.6. The lowest BCUT2D eigenvalue weighted by Crippen LogP contribution is -2.25. The zero-order chi connectivity index (χ0) is 14.5. The number of rotatable bonds is 6. The Morgan fingerprint density at radius 1 is 1.38 bits per heavy atom. The maximum Gasteiger partial charge on any atom is 0.137 e. The van der Waals surface area contributed by atoms with Gasteiger partial charge in [-0.15, -0.1) is 0 Å². The number of nitrogens with one attached hydrogen (secondary N) is 2. The Morgan fingerprint density at radius 3 is 3.19 bits per heavy atom. The van der Waals surface area contributed by atoms with Crippen LogP contribution < -0.4 is 10.2 Å². The van der Waals surface area contributed by atoms with Crippen LogP contribution in [-0.2, 0) is 19.4 Å². The van der Waals surface area contributed by atoms with Crippen LogP contribution in [0.4, 0.5) is 5.69 Å². The smallest absolute Gasteiger partial charge is 0.137 e. The van der Waals surface area contributed by atoms with Gasteiger partial charge in [-0.3, -0.25) is 5.10 Å². The SMILES string of the molecule is CN1CCCc2cc(CNCCCc3ncn[nH]3)ccc21. The third kappa shape index (κ3) is 3.61. The lowest BCUT2D eigenvalue weighted by molar-refractivity contribution is 0.638. The summed E-state index contributed by atoms with van der Waals surface area (Å²) in [7, 11) is 2.18. The number of benzene rings is 1. The summed E-state index contributed by atoms with van der Waals surface area (Å²) < 4.78 is 0. The van der Waals surface area contributed by atoms with Gasteiger partial charge < -0.3 is 10.2 Å². The molecule has 2 heterocycles. The zero-order valence-corrected chi connectivity index (χ0v) is 12.6. The van der Waals surface area contributed by atoms with Gasteiger partial charge in [0.25, 0.3) is 0 Å². The molecular formula is C16H23N5. The molecule has 0 spiro atoms. The van der Waals surface area contributed by atoms with Crippen molar-refractivity contribution < 1.29 is 0 Å². The average molecular weight is 285 g/mol. The number of hydrogen-bond acceptors (Lipinski definition) is 4. The summed E-state index contributed by atoms with van der Waals surface area (Å²) in [5.41, 5.74) is 4.27. The van der Waals surface area contributed by atoms with Gasteiger partial charge in [0.2, 0.25) is 0 Å². The van der Waals surface area contributed by atoms with Crippen molar-refractivity contribution in [3.8, 4) is 0 Å². The highest BCUT2D eigenvalue weighted by molar-refractivity contribution is 5.56. The Hall–Kier alpha value is -1.88. The first-order valence-electron chi connectivity index (χ1n) is 7.71. The highest BCUT2D eigenvalue weighted by atomic mass is 15.2. The van der Waals surface area contributed by atoms with Gasteiger partial charge in [-0.25, -0.2) is 4.98 Å². The van der Waals surface area contributed by atoms with Crippen molar-refractivity contribution >= 4 is 5.69 Å². The summed E-state index contributed by atoms with van der Waals surface area (Å²) in [4.78, 5) is 6.48. The van der Waals surface area contributed by atoms with Gasteiger partial charge in [0.15, 0.2) is 0 Å². The number of H-pyrrole nitrogens is 1. The van der Waals surface area contributed by atoms with Crippen LogP contribution in [0, 0.1) is 0 Å². The van der Waals surface area contributed by atoms with Crippen LogP contribution in [-0.4, -0.2) is 35.3 Å². The molecule has 0 radical (unpaired) electrons. The van der Waals surface area contributed by atoms with Crippen LogP contribution in [0.2, 0.25) is 0 Å². The van der Waals surface area contributed by atoms with Crippen molar-refractivity contribution in [2.45, 2.75) is 32.2 Å². The molecule has 1 aliphatic rings. The molecule has 1 aliphatic heterocycles. The largest absolute Gasteiger partial charge is 0.374 e. The quantitative estimate of drug-likeness (QED) is 0.796. The molecule has 5 heteroatoms. The van der Waals surface area contributed by atoms with Crippen LogP contribution in [0.1, 0.15) is 29.8 Å². The van der Waals surface area contributed by atoms with Gasteiger partial charge in [0, 0.05) is 32.2 Å². The summed E-state index contributed by atoms with van der Waals surface area (Å²) in [5, 5.41) is 10.3. The van der Waals surface area contributed by atoms with Crippen molar-refractivity contribution in [3.63, 3.8) is 0 Å². The molecule has 2 aromatic rings. The van der Waals surface area contributed by atoms with Crippen LogP contribution >= 0.6 is 0 Å². The van der Waals surface area contributed by atoms with Crippen molar-refractivity contribution in [2.75, 3.05) is 25.0 Å². The van der Waals surface area contributed by atoms with E-state index >= 15 is 0 Å². The topological polar surface area (TPSA) is 56.8 Å². The highest BCUT2D eigenvalue weighted by Gasteiger charge is 2.13. The van der Waals surface area contributed by atoms with Crippen LogP contribution in [0.5, 0.6) is 0 Å². The van der Waals surface area contributed by atoms with Gasteiger partial charge in [0.1, 0.15) is 12.2 Å². The third-order valence-corrected chi connectivity index (χ3v) is 4.06. The minimum atomic E-state index is 0.938. The van der Waals surface area contributed by atoms with Crippen molar-refractivity contribution in [1.82, 2.24) is 20.5 Å². The molecule has 1 aromatic heterocycles. The van der Waals surface area contributed by atoms with E-state index in [4.69, 9.17) is 0 Å². The van der Waals surface area contributed by atoms with Crippen LogP contribution in [0.15, 0.2) is 24.5 Å². The molecule has 0 fully saturated rings. The molecule has 2 N–H and O–H groups in total. The molecular weight excluding hydrogens is 262 g/mol. The van der Waals surface area contributed by atoms with Crippen molar-refractivity contribution in [1.29, 1.82) is 0 Å².